The summed E-state index contributed by atoms with van der Waals surface area (Å²) in [5, 5.41) is 29.4. The van der Waals surface area contributed by atoms with Gasteiger partial charge in [0, 0.05) is 17.8 Å². The van der Waals surface area contributed by atoms with Crippen LogP contribution < -0.4 is 11.2 Å². The summed E-state index contributed by atoms with van der Waals surface area (Å²) in [5.74, 6) is -0.542. The summed E-state index contributed by atoms with van der Waals surface area (Å²) in [6.07, 6.45) is -3.05. The topological polar surface area (TPSA) is 127 Å². The van der Waals surface area contributed by atoms with E-state index in [0.717, 1.165) is 27.6 Å². The zero-order chi connectivity index (χ0) is 22.1. The zero-order valence-corrected chi connectivity index (χ0v) is 16.2. The fourth-order valence-corrected chi connectivity index (χ4v) is 3.55. The first-order valence-electron chi connectivity index (χ1n) is 9.55. The van der Waals surface area contributed by atoms with E-state index in [0.29, 0.717) is 5.56 Å². The van der Waals surface area contributed by atoms with Crippen molar-refractivity contribution in [2.45, 2.75) is 31.1 Å². The highest BCUT2D eigenvalue weighted by molar-refractivity contribution is 5.63. The maximum Gasteiger partial charge on any atom is 0.333 e. The van der Waals surface area contributed by atoms with Crippen molar-refractivity contribution in [3.05, 3.63) is 87.2 Å². The number of halogens is 1. The number of ether oxygens (including phenoxy) is 1. The highest BCUT2D eigenvalue weighted by atomic mass is 19.1. The fourth-order valence-electron chi connectivity index (χ4n) is 3.55. The third-order valence-corrected chi connectivity index (χ3v) is 5.20. The molecule has 162 valence electrons. The second kappa shape index (κ2) is 8.52. The zero-order valence-electron chi connectivity index (χ0n) is 16.2. The van der Waals surface area contributed by atoms with Crippen LogP contribution >= 0.6 is 0 Å². The number of hydrogen-bond acceptors (Lipinski definition) is 7. The monoisotopic (exact) mass is 429 g/mol. The lowest BCUT2D eigenvalue weighted by molar-refractivity contribution is -0.0555. The fraction of sp³-hybridized carbons (Fsp3) is 0.286. The van der Waals surface area contributed by atoms with Crippen molar-refractivity contribution in [3.8, 4) is 11.1 Å². The van der Waals surface area contributed by atoms with E-state index in [1.54, 1.807) is 30.3 Å². The van der Waals surface area contributed by atoms with Crippen LogP contribution in [0.4, 0.5) is 4.39 Å². The van der Waals surface area contributed by atoms with Gasteiger partial charge in [-0.2, -0.15) is 0 Å². The van der Waals surface area contributed by atoms with Crippen LogP contribution in [-0.2, 0) is 11.3 Å². The predicted molar refractivity (Wildman–Crippen MR) is 107 cm³/mol. The highest BCUT2D eigenvalue weighted by Gasteiger charge is 2.43. The lowest BCUT2D eigenvalue weighted by Crippen LogP contribution is -2.43. The van der Waals surface area contributed by atoms with Crippen molar-refractivity contribution >= 4 is 0 Å². The van der Waals surface area contributed by atoms with E-state index < -0.39 is 48.2 Å². The van der Waals surface area contributed by atoms with Crippen LogP contribution in [0.15, 0.2) is 64.4 Å². The van der Waals surface area contributed by atoms with Crippen LogP contribution in [0.5, 0.6) is 0 Å². The minimum Gasteiger partial charge on any atom is -0.394 e. The Balaban J connectivity index is 1.70. The van der Waals surface area contributed by atoms with E-state index in [9.17, 15) is 29.3 Å². The summed E-state index contributed by atoms with van der Waals surface area (Å²) in [6.45, 7) is -0.793. The molecular formula is C21H20FN3O6. The normalized spacial score (nSPS) is 23.2. The van der Waals surface area contributed by atoms with Crippen LogP contribution in [-0.4, -0.2) is 54.4 Å². The minimum absolute atomic E-state index is 0.243. The second-order valence-electron chi connectivity index (χ2n) is 7.18. The number of aliphatic hydroxyl groups excluding tert-OH is 3. The molecule has 1 saturated heterocycles. The van der Waals surface area contributed by atoms with Gasteiger partial charge >= 0.3 is 5.69 Å². The van der Waals surface area contributed by atoms with E-state index >= 15 is 0 Å². The molecule has 0 radical (unpaired) electrons. The van der Waals surface area contributed by atoms with Crippen molar-refractivity contribution in [2.24, 2.45) is 0 Å². The molecule has 0 spiro atoms. The number of aliphatic hydroxyl groups is 3. The lowest BCUT2D eigenvalue weighted by Gasteiger charge is -2.18. The Kier molecular flexibility index (Phi) is 5.79. The molecule has 0 amide bonds. The Morgan fingerprint density at radius 2 is 1.84 bits per heavy atom. The van der Waals surface area contributed by atoms with Crippen molar-refractivity contribution in [3.63, 3.8) is 0 Å². The number of pyridine rings is 1. The molecule has 31 heavy (non-hydrogen) atoms. The first-order valence-corrected chi connectivity index (χ1v) is 9.55. The first-order chi connectivity index (χ1) is 14.9. The average molecular weight is 429 g/mol. The van der Waals surface area contributed by atoms with Gasteiger partial charge in [-0.1, -0.05) is 30.3 Å². The molecule has 0 saturated carbocycles. The number of aromatic nitrogens is 3. The van der Waals surface area contributed by atoms with Gasteiger partial charge in [0.2, 0.25) is 0 Å². The lowest BCUT2D eigenvalue weighted by atomic mass is 10.1. The highest BCUT2D eigenvalue weighted by Crippen LogP contribution is 2.28. The van der Waals surface area contributed by atoms with Gasteiger partial charge in [-0.25, -0.2) is 9.18 Å². The van der Waals surface area contributed by atoms with Gasteiger partial charge in [-0.15, -0.1) is 0 Å². The maximum atomic E-state index is 14.3. The van der Waals surface area contributed by atoms with Gasteiger partial charge in [0.05, 0.1) is 25.0 Å². The molecule has 1 aromatic carbocycles. The summed E-state index contributed by atoms with van der Waals surface area (Å²) in [4.78, 5) is 29.3. The molecule has 4 rings (SSSR count). The molecule has 1 aliphatic heterocycles. The molecule has 2 unspecified atom stereocenters. The van der Waals surface area contributed by atoms with Crippen LogP contribution in [0.3, 0.4) is 0 Å². The molecule has 0 bridgehead atoms. The van der Waals surface area contributed by atoms with Crippen LogP contribution in [0.1, 0.15) is 11.9 Å². The molecule has 3 N–H and O–H groups in total. The molecular weight excluding hydrogens is 409 g/mol. The third-order valence-electron chi connectivity index (χ3n) is 5.20. The summed E-state index contributed by atoms with van der Waals surface area (Å²) < 4.78 is 21.5. The number of rotatable bonds is 5. The van der Waals surface area contributed by atoms with E-state index in [-0.39, 0.29) is 17.8 Å². The Morgan fingerprint density at radius 1 is 1.10 bits per heavy atom. The van der Waals surface area contributed by atoms with Gasteiger partial charge in [0.1, 0.15) is 24.1 Å². The molecule has 10 heteroatoms. The van der Waals surface area contributed by atoms with E-state index in [2.05, 4.69) is 4.98 Å². The molecule has 9 nitrogen and oxygen atoms in total. The number of benzene rings is 1. The van der Waals surface area contributed by atoms with Crippen LogP contribution in [0.25, 0.3) is 11.1 Å². The van der Waals surface area contributed by atoms with Gasteiger partial charge in [0.15, 0.2) is 6.23 Å². The maximum absolute atomic E-state index is 14.3. The second-order valence-corrected chi connectivity index (χ2v) is 7.18. The van der Waals surface area contributed by atoms with Gasteiger partial charge in [-0.3, -0.25) is 18.9 Å². The molecule has 1 aliphatic rings. The summed E-state index contributed by atoms with van der Waals surface area (Å²) in [5.41, 5.74) is -0.264. The molecule has 1 fully saturated rings. The first kappa shape index (κ1) is 21.1. The Morgan fingerprint density at radius 3 is 2.52 bits per heavy atom. The predicted octanol–water partition coefficient (Wildman–Crippen LogP) is -0.129. The SMILES string of the molecule is O=c1ccn([C@@H]2O[C@H](CO)C(O)C2O)c(=O)n1Cc1cc(-c2ccccc2)c(F)cn1. The number of hydrogen-bond donors (Lipinski definition) is 3. The van der Waals surface area contributed by atoms with Crippen molar-refractivity contribution < 1.29 is 24.4 Å². The summed E-state index contributed by atoms with van der Waals surface area (Å²) in [7, 11) is 0. The molecule has 3 aromatic rings. The largest absolute Gasteiger partial charge is 0.394 e. The Hall–Kier alpha value is -3.18. The van der Waals surface area contributed by atoms with Crippen molar-refractivity contribution in [2.75, 3.05) is 6.61 Å². The van der Waals surface area contributed by atoms with Gasteiger partial charge in [0.25, 0.3) is 5.56 Å². The third kappa shape index (κ3) is 3.93. The van der Waals surface area contributed by atoms with E-state index in [1.807, 2.05) is 0 Å². The average Bonchev–Trinajstić information content (AvgIpc) is 3.07. The van der Waals surface area contributed by atoms with E-state index in [4.69, 9.17) is 4.74 Å². The molecule has 0 aliphatic carbocycles. The van der Waals surface area contributed by atoms with Crippen molar-refractivity contribution in [1.82, 2.24) is 14.1 Å². The number of nitrogens with zero attached hydrogens (tertiary/aromatic N) is 3. The summed E-state index contributed by atoms with van der Waals surface area (Å²) >= 11 is 0. The van der Waals surface area contributed by atoms with Gasteiger partial charge < -0.3 is 20.1 Å². The van der Waals surface area contributed by atoms with Crippen LogP contribution in [0, 0.1) is 5.82 Å². The summed E-state index contributed by atoms with van der Waals surface area (Å²) in [6, 6.07) is 11.3. The molecule has 4 atom stereocenters. The molecule has 2 aromatic heterocycles. The standard InChI is InChI=1S/C21H20FN3O6/c22-15-9-23-13(8-14(15)12-4-2-1-3-5-12)10-25-17(27)6-7-24(21(25)30)20-19(29)18(28)16(11-26)31-20/h1-9,16,18-20,26,28-29H,10-11H2/t16-,18?,19?,20-/m1/s1. The minimum atomic E-state index is -1.48. The van der Waals surface area contributed by atoms with E-state index in [1.165, 1.54) is 6.07 Å². The van der Waals surface area contributed by atoms with Crippen LogP contribution in [0.2, 0.25) is 0 Å². The Labute approximate surface area is 175 Å². The quantitative estimate of drug-likeness (QED) is 0.516. The van der Waals surface area contributed by atoms with Crippen molar-refractivity contribution in [1.29, 1.82) is 0 Å². The smallest absolute Gasteiger partial charge is 0.333 e. The van der Waals surface area contributed by atoms with Gasteiger partial charge in [-0.05, 0) is 11.6 Å². The molecule has 3 heterocycles. The Bertz CT molecular complexity index is 1200.